The second-order valence-corrected chi connectivity index (χ2v) is 11.1. The second kappa shape index (κ2) is 11.9. The van der Waals surface area contributed by atoms with Gasteiger partial charge < -0.3 is 10.1 Å². The van der Waals surface area contributed by atoms with Gasteiger partial charge in [-0.15, -0.1) is 0 Å². The van der Waals surface area contributed by atoms with E-state index in [0.717, 1.165) is 22.2 Å². The van der Waals surface area contributed by atoms with Crippen molar-refractivity contribution in [3.05, 3.63) is 95.7 Å². The van der Waals surface area contributed by atoms with Crippen LogP contribution >= 0.6 is 62.5 Å². The number of amides is 3. The van der Waals surface area contributed by atoms with Gasteiger partial charge in [0.1, 0.15) is 5.75 Å². The molecule has 3 aromatic carbocycles. The van der Waals surface area contributed by atoms with Crippen LogP contribution in [0.4, 0.5) is 10.5 Å². The molecule has 0 aliphatic carbocycles. The smallest absolute Gasteiger partial charge is 0.293 e. The Morgan fingerprint density at radius 1 is 1.03 bits per heavy atom. The van der Waals surface area contributed by atoms with Gasteiger partial charge in [0.15, 0.2) is 6.61 Å². The van der Waals surface area contributed by atoms with Crippen LogP contribution in [0.25, 0.3) is 6.08 Å². The minimum Gasteiger partial charge on any atom is -0.483 e. The first-order valence-electron chi connectivity index (χ1n) is 10.8. The van der Waals surface area contributed by atoms with E-state index in [2.05, 4.69) is 21.2 Å². The minimum atomic E-state index is -0.398. The number of hydrogen-bond donors (Lipinski definition) is 1. The van der Waals surface area contributed by atoms with Crippen molar-refractivity contribution in [2.24, 2.45) is 0 Å². The van der Waals surface area contributed by atoms with Crippen molar-refractivity contribution in [1.82, 2.24) is 4.90 Å². The summed E-state index contributed by atoms with van der Waals surface area (Å²) in [4.78, 5) is 39.0. The van der Waals surface area contributed by atoms with E-state index in [0.29, 0.717) is 47.0 Å². The van der Waals surface area contributed by atoms with Crippen LogP contribution in [0.2, 0.25) is 15.1 Å². The van der Waals surface area contributed by atoms with Gasteiger partial charge >= 0.3 is 0 Å². The van der Waals surface area contributed by atoms with Crippen LogP contribution in [0, 0.1) is 6.92 Å². The second-order valence-electron chi connectivity index (χ2n) is 8.01. The zero-order chi connectivity index (χ0) is 26.7. The van der Waals surface area contributed by atoms with E-state index < -0.39 is 5.91 Å². The SMILES string of the molecule is Cc1ccc(NC(=O)COc2ccc(/C=C3\SC(=O)N(Cc4ccc(Cl)c(Cl)c4)C3=O)cc2Br)cc1Cl. The molecule has 1 fully saturated rings. The lowest BCUT2D eigenvalue weighted by molar-refractivity contribution is -0.123. The highest BCUT2D eigenvalue weighted by atomic mass is 79.9. The molecule has 1 N–H and O–H groups in total. The first-order valence-corrected chi connectivity index (χ1v) is 13.5. The summed E-state index contributed by atoms with van der Waals surface area (Å²) >= 11 is 22.4. The quantitative estimate of drug-likeness (QED) is 0.265. The summed E-state index contributed by atoms with van der Waals surface area (Å²) in [5.41, 5.74) is 2.86. The molecule has 0 saturated carbocycles. The van der Waals surface area contributed by atoms with E-state index in [1.54, 1.807) is 54.6 Å². The molecule has 1 saturated heterocycles. The Labute approximate surface area is 241 Å². The molecule has 0 bridgehead atoms. The Morgan fingerprint density at radius 3 is 2.51 bits per heavy atom. The summed E-state index contributed by atoms with van der Waals surface area (Å²) in [6, 6.07) is 15.3. The van der Waals surface area contributed by atoms with Crippen LogP contribution in [-0.4, -0.2) is 28.6 Å². The van der Waals surface area contributed by atoms with Crippen molar-refractivity contribution in [3.63, 3.8) is 0 Å². The molecular weight excluding hydrogens is 623 g/mol. The fraction of sp³-hybridized carbons (Fsp3) is 0.115. The predicted octanol–water partition coefficient (Wildman–Crippen LogP) is 7.97. The van der Waals surface area contributed by atoms with E-state index in [1.807, 2.05) is 13.0 Å². The Balaban J connectivity index is 1.38. The van der Waals surface area contributed by atoms with E-state index in [9.17, 15) is 14.4 Å². The summed E-state index contributed by atoms with van der Waals surface area (Å²) in [6.07, 6.45) is 1.63. The van der Waals surface area contributed by atoms with Crippen molar-refractivity contribution >= 4 is 91.3 Å². The molecule has 0 radical (unpaired) electrons. The molecule has 37 heavy (non-hydrogen) atoms. The van der Waals surface area contributed by atoms with Gasteiger partial charge in [-0.25, -0.2) is 0 Å². The Kier molecular flexibility index (Phi) is 8.87. The van der Waals surface area contributed by atoms with Crippen LogP contribution in [0.1, 0.15) is 16.7 Å². The Morgan fingerprint density at radius 2 is 1.81 bits per heavy atom. The number of thioether (sulfide) groups is 1. The number of nitrogens with one attached hydrogen (secondary N) is 1. The van der Waals surface area contributed by atoms with Gasteiger partial charge in [-0.1, -0.05) is 53.0 Å². The maximum Gasteiger partial charge on any atom is 0.293 e. The maximum absolute atomic E-state index is 12.9. The number of carbonyl (C=O) groups is 3. The molecule has 4 rings (SSSR count). The highest BCUT2D eigenvalue weighted by molar-refractivity contribution is 9.10. The fourth-order valence-corrected chi connectivity index (χ4v) is 5.19. The fourth-order valence-electron chi connectivity index (χ4n) is 3.34. The first-order chi connectivity index (χ1) is 17.6. The molecule has 3 aromatic rings. The van der Waals surface area contributed by atoms with Crippen molar-refractivity contribution in [2.75, 3.05) is 11.9 Å². The van der Waals surface area contributed by atoms with E-state index in [4.69, 9.17) is 39.5 Å². The number of carbonyl (C=O) groups excluding carboxylic acids is 3. The van der Waals surface area contributed by atoms with Gasteiger partial charge in [-0.3, -0.25) is 19.3 Å². The Hall–Kier alpha value is -2.49. The molecule has 6 nitrogen and oxygen atoms in total. The lowest BCUT2D eigenvalue weighted by Gasteiger charge is -2.13. The van der Waals surface area contributed by atoms with Crippen molar-refractivity contribution in [3.8, 4) is 5.75 Å². The Bertz CT molecular complexity index is 1450. The number of benzene rings is 3. The molecule has 1 aliphatic rings. The number of halogens is 4. The maximum atomic E-state index is 12.9. The lowest BCUT2D eigenvalue weighted by atomic mass is 10.2. The van der Waals surface area contributed by atoms with Crippen LogP contribution in [0.5, 0.6) is 5.75 Å². The summed E-state index contributed by atoms with van der Waals surface area (Å²) in [6.45, 7) is 1.75. The number of aryl methyl sites for hydroxylation is 1. The third-order valence-electron chi connectivity index (χ3n) is 5.27. The van der Waals surface area contributed by atoms with Gasteiger partial charge in [0, 0.05) is 10.7 Å². The average molecular weight is 641 g/mol. The molecule has 11 heteroatoms. The zero-order valence-electron chi connectivity index (χ0n) is 19.2. The van der Waals surface area contributed by atoms with E-state index >= 15 is 0 Å². The summed E-state index contributed by atoms with van der Waals surface area (Å²) in [5, 5.41) is 3.67. The molecule has 0 unspecified atom stereocenters. The molecule has 190 valence electrons. The molecule has 0 aromatic heterocycles. The predicted molar refractivity (Wildman–Crippen MR) is 152 cm³/mol. The monoisotopic (exact) mass is 638 g/mol. The van der Waals surface area contributed by atoms with E-state index in [-0.39, 0.29) is 24.3 Å². The van der Waals surface area contributed by atoms with Gasteiger partial charge in [0.25, 0.3) is 17.1 Å². The number of anilines is 1. The van der Waals surface area contributed by atoms with Crippen LogP contribution in [0.3, 0.4) is 0 Å². The largest absolute Gasteiger partial charge is 0.483 e. The highest BCUT2D eigenvalue weighted by Crippen LogP contribution is 2.35. The minimum absolute atomic E-state index is 0.0895. The molecule has 0 spiro atoms. The molecule has 0 atom stereocenters. The number of imide groups is 1. The van der Waals surface area contributed by atoms with Gasteiger partial charge in [-0.05, 0) is 93.8 Å². The normalized spacial score (nSPS) is 14.4. The number of rotatable bonds is 7. The number of nitrogens with zero attached hydrogens (tertiary/aromatic N) is 1. The van der Waals surface area contributed by atoms with Crippen molar-refractivity contribution < 1.29 is 19.1 Å². The molecular formula is C26H18BrCl3N2O4S. The van der Waals surface area contributed by atoms with Crippen LogP contribution in [0.15, 0.2) is 64.0 Å². The zero-order valence-corrected chi connectivity index (χ0v) is 23.9. The highest BCUT2D eigenvalue weighted by Gasteiger charge is 2.35. The summed E-state index contributed by atoms with van der Waals surface area (Å²) < 4.78 is 6.21. The lowest BCUT2D eigenvalue weighted by Crippen LogP contribution is -2.27. The molecule has 3 amide bonds. The van der Waals surface area contributed by atoms with Gasteiger partial charge in [-0.2, -0.15) is 0 Å². The van der Waals surface area contributed by atoms with Crippen molar-refractivity contribution in [2.45, 2.75) is 13.5 Å². The average Bonchev–Trinajstić information content (AvgIpc) is 3.10. The van der Waals surface area contributed by atoms with Crippen molar-refractivity contribution in [1.29, 1.82) is 0 Å². The third-order valence-corrected chi connectivity index (χ3v) is 7.94. The number of ether oxygens (including phenoxy) is 1. The summed E-state index contributed by atoms with van der Waals surface area (Å²) in [5.74, 6) is -0.293. The van der Waals surface area contributed by atoms with Gasteiger partial charge in [0.05, 0.1) is 26.0 Å². The standard InChI is InChI=1S/C26H18BrCl3N2O4S/c1-14-2-5-17(11-20(14)29)31-24(33)13-36-22-7-4-15(8-18(22)27)10-23-25(34)32(26(35)37-23)12-16-3-6-19(28)21(30)9-16/h2-11H,12-13H2,1H3,(H,31,33)/b23-10-. The topological polar surface area (TPSA) is 75.7 Å². The van der Waals surface area contributed by atoms with E-state index in [1.165, 1.54) is 0 Å². The van der Waals surface area contributed by atoms with Crippen LogP contribution < -0.4 is 10.1 Å². The molecule has 1 heterocycles. The first kappa shape index (κ1) is 27.5. The molecule has 1 aliphatic heterocycles. The third kappa shape index (κ3) is 6.89. The van der Waals surface area contributed by atoms with Gasteiger partial charge in [0.2, 0.25) is 0 Å². The van der Waals surface area contributed by atoms with Crippen LogP contribution in [-0.2, 0) is 16.1 Å². The number of hydrogen-bond acceptors (Lipinski definition) is 5. The summed E-state index contributed by atoms with van der Waals surface area (Å²) in [7, 11) is 0.